The second-order valence-corrected chi connectivity index (χ2v) is 3.72. The molecule has 2 aromatic rings. The van der Waals surface area contributed by atoms with Gasteiger partial charge in [0.15, 0.2) is 0 Å². The van der Waals surface area contributed by atoms with Crippen LogP contribution in [-0.2, 0) is 0 Å². The Balaban J connectivity index is 2.27. The predicted octanol–water partition coefficient (Wildman–Crippen LogP) is 2.42. The topological polar surface area (TPSA) is 63.8 Å². The van der Waals surface area contributed by atoms with Gasteiger partial charge >= 0.3 is 0 Å². The third-order valence-electron chi connectivity index (χ3n) is 2.15. The van der Waals surface area contributed by atoms with Gasteiger partial charge in [-0.1, -0.05) is 12.1 Å². The van der Waals surface area contributed by atoms with Crippen molar-refractivity contribution in [2.45, 2.75) is 13.8 Å². The second kappa shape index (κ2) is 4.18. The lowest BCUT2D eigenvalue weighted by atomic mass is 10.2. The van der Waals surface area contributed by atoms with Crippen LogP contribution in [0.1, 0.15) is 11.4 Å². The first-order valence-corrected chi connectivity index (χ1v) is 5.08. The smallest absolute Gasteiger partial charge is 0.136 e. The normalized spacial score (nSPS) is 10.1. The summed E-state index contributed by atoms with van der Waals surface area (Å²) >= 11 is 0. The van der Waals surface area contributed by atoms with Crippen molar-refractivity contribution in [1.29, 1.82) is 0 Å². The Morgan fingerprint density at radius 1 is 1.12 bits per heavy atom. The van der Waals surface area contributed by atoms with Crippen molar-refractivity contribution in [3.8, 4) is 0 Å². The van der Waals surface area contributed by atoms with Crippen LogP contribution in [0.15, 0.2) is 30.3 Å². The molecular formula is C12H14N4. The molecule has 0 radical (unpaired) electrons. The van der Waals surface area contributed by atoms with Gasteiger partial charge < -0.3 is 11.1 Å². The highest BCUT2D eigenvalue weighted by atomic mass is 15.0. The van der Waals surface area contributed by atoms with E-state index in [9.17, 15) is 0 Å². The number of rotatable bonds is 2. The zero-order valence-corrected chi connectivity index (χ0v) is 9.36. The number of nitrogens with two attached hydrogens (primary N) is 1. The van der Waals surface area contributed by atoms with Gasteiger partial charge in [-0.2, -0.15) is 0 Å². The quantitative estimate of drug-likeness (QED) is 0.805. The summed E-state index contributed by atoms with van der Waals surface area (Å²) in [4.78, 5) is 8.28. The molecule has 0 amide bonds. The molecule has 3 N–H and O–H groups in total. The summed E-state index contributed by atoms with van der Waals surface area (Å²) in [5.41, 5.74) is 7.85. The highest BCUT2D eigenvalue weighted by Gasteiger charge is 1.99. The summed E-state index contributed by atoms with van der Waals surface area (Å²) in [5.74, 6) is 1.86. The second-order valence-electron chi connectivity index (χ2n) is 3.72. The van der Waals surface area contributed by atoms with Crippen molar-refractivity contribution in [2.75, 3.05) is 11.1 Å². The number of nitrogen functional groups attached to an aromatic ring is 1. The van der Waals surface area contributed by atoms with E-state index in [-0.39, 0.29) is 0 Å². The zero-order chi connectivity index (χ0) is 11.5. The maximum absolute atomic E-state index is 5.65. The first kappa shape index (κ1) is 10.4. The van der Waals surface area contributed by atoms with E-state index in [2.05, 4.69) is 15.3 Å². The molecular weight excluding hydrogens is 200 g/mol. The van der Waals surface area contributed by atoms with Crippen molar-refractivity contribution >= 4 is 17.3 Å². The number of anilines is 3. The largest absolute Gasteiger partial charge is 0.384 e. The van der Waals surface area contributed by atoms with E-state index < -0.39 is 0 Å². The van der Waals surface area contributed by atoms with Crippen LogP contribution in [0.4, 0.5) is 17.3 Å². The Kier molecular flexibility index (Phi) is 2.72. The van der Waals surface area contributed by atoms with Crippen LogP contribution in [0.3, 0.4) is 0 Å². The molecule has 0 saturated carbocycles. The molecule has 0 aliphatic rings. The van der Waals surface area contributed by atoms with Crippen molar-refractivity contribution < 1.29 is 0 Å². The third kappa shape index (κ3) is 2.48. The number of benzene rings is 1. The Hall–Kier alpha value is -2.10. The van der Waals surface area contributed by atoms with Crippen LogP contribution in [-0.4, -0.2) is 9.97 Å². The molecule has 0 bridgehead atoms. The van der Waals surface area contributed by atoms with Gasteiger partial charge in [0.25, 0.3) is 0 Å². The molecule has 16 heavy (non-hydrogen) atoms. The number of aromatic nitrogens is 2. The van der Waals surface area contributed by atoms with E-state index >= 15 is 0 Å². The van der Waals surface area contributed by atoms with E-state index in [1.54, 1.807) is 6.07 Å². The molecule has 4 heteroatoms. The number of aryl methyl sites for hydroxylation is 2. The molecule has 1 aromatic carbocycles. The maximum atomic E-state index is 5.65. The molecule has 0 spiro atoms. The van der Waals surface area contributed by atoms with E-state index in [1.165, 1.54) is 5.56 Å². The van der Waals surface area contributed by atoms with Gasteiger partial charge in [-0.25, -0.2) is 9.97 Å². The van der Waals surface area contributed by atoms with Crippen LogP contribution in [0.2, 0.25) is 0 Å². The maximum Gasteiger partial charge on any atom is 0.136 e. The number of nitrogens with zero attached hydrogens (tertiary/aromatic N) is 2. The van der Waals surface area contributed by atoms with Gasteiger partial charge in [-0.05, 0) is 31.5 Å². The van der Waals surface area contributed by atoms with Crippen molar-refractivity contribution in [3.63, 3.8) is 0 Å². The number of hydrogen-bond donors (Lipinski definition) is 2. The zero-order valence-electron chi connectivity index (χ0n) is 9.36. The van der Waals surface area contributed by atoms with Gasteiger partial charge in [0.1, 0.15) is 17.5 Å². The summed E-state index contributed by atoms with van der Waals surface area (Å²) < 4.78 is 0. The van der Waals surface area contributed by atoms with Crippen molar-refractivity contribution in [2.24, 2.45) is 0 Å². The minimum absolute atomic E-state index is 0.475. The fraction of sp³-hybridized carbons (Fsp3) is 0.167. The first-order chi connectivity index (χ1) is 7.63. The van der Waals surface area contributed by atoms with Gasteiger partial charge in [0.05, 0.1) is 0 Å². The third-order valence-corrected chi connectivity index (χ3v) is 2.15. The van der Waals surface area contributed by atoms with E-state index in [1.807, 2.05) is 38.1 Å². The molecule has 1 heterocycles. The van der Waals surface area contributed by atoms with Gasteiger partial charge in [-0.15, -0.1) is 0 Å². The lowest BCUT2D eigenvalue weighted by molar-refractivity contribution is 1.06. The highest BCUT2D eigenvalue weighted by molar-refractivity contribution is 5.59. The van der Waals surface area contributed by atoms with Crippen LogP contribution in [0.5, 0.6) is 0 Å². The standard InChI is InChI=1S/C12H14N4/c1-8-4-3-5-10(6-8)16-12-7-11(13)14-9(2)15-12/h3-7H,1-2H3,(H3,13,14,15,16). The van der Waals surface area contributed by atoms with E-state index in [4.69, 9.17) is 5.73 Å². The van der Waals surface area contributed by atoms with Crippen molar-refractivity contribution in [3.05, 3.63) is 41.7 Å². The fourth-order valence-electron chi connectivity index (χ4n) is 1.53. The summed E-state index contributed by atoms with van der Waals surface area (Å²) in [6, 6.07) is 9.80. The lowest BCUT2D eigenvalue weighted by Crippen LogP contribution is -2.00. The number of nitrogens with one attached hydrogen (secondary N) is 1. The summed E-state index contributed by atoms with van der Waals surface area (Å²) in [5, 5.41) is 3.20. The van der Waals surface area contributed by atoms with Crippen LogP contribution in [0, 0.1) is 13.8 Å². The molecule has 0 unspecified atom stereocenters. The fourth-order valence-corrected chi connectivity index (χ4v) is 1.53. The van der Waals surface area contributed by atoms with Gasteiger partial charge in [0, 0.05) is 11.8 Å². The molecule has 0 aliphatic heterocycles. The molecule has 1 aromatic heterocycles. The van der Waals surface area contributed by atoms with Gasteiger partial charge in [0.2, 0.25) is 0 Å². The summed E-state index contributed by atoms with van der Waals surface area (Å²) in [6.07, 6.45) is 0. The van der Waals surface area contributed by atoms with E-state index in [0.29, 0.717) is 11.6 Å². The predicted molar refractivity (Wildman–Crippen MR) is 65.6 cm³/mol. The van der Waals surface area contributed by atoms with Crippen molar-refractivity contribution in [1.82, 2.24) is 9.97 Å². The van der Waals surface area contributed by atoms with Gasteiger partial charge in [-0.3, -0.25) is 0 Å². The highest BCUT2D eigenvalue weighted by Crippen LogP contribution is 2.16. The van der Waals surface area contributed by atoms with Crippen LogP contribution in [0.25, 0.3) is 0 Å². The average Bonchev–Trinajstić information content (AvgIpc) is 2.15. The Bertz CT molecular complexity index is 488. The molecule has 0 aliphatic carbocycles. The molecule has 4 nitrogen and oxygen atoms in total. The Morgan fingerprint density at radius 3 is 2.62 bits per heavy atom. The molecule has 82 valence electrons. The number of hydrogen-bond acceptors (Lipinski definition) is 4. The average molecular weight is 214 g/mol. The summed E-state index contributed by atoms with van der Waals surface area (Å²) in [7, 11) is 0. The molecule has 2 rings (SSSR count). The van der Waals surface area contributed by atoms with E-state index in [0.717, 1.165) is 11.5 Å². The molecule has 0 atom stereocenters. The summed E-state index contributed by atoms with van der Waals surface area (Å²) in [6.45, 7) is 3.86. The SMILES string of the molecule is Cc1cccc(Nc2cc(N)nc(C)n2)c1. The minimum Gasteiger partial charge on any atom is -0.384 e. The molecule has 0 saturated heterocycles. The first-order valence-electron chi connectivity index (χ1n) is 5.08. The Morgan fingerprint density at radius 2 is 1.94 bits per heavy atom. The Labute approximate surface area is 94.5 Å². The van der Waals surface area contributed by atoms with Crippen LogP contribution < -0.4 is 11.1 Å². The minimum atomic E-state index is 0.475. The van der Waals surface area contributed by atoms with Crippen LogP contribution >= 0.6 is 0 Å². The lowest BCUT2D eigenvalue weighted by Gasteiger charge is -2.07. The molecule has 0 fully saturated rings. The monoisotopic (exact) mass is 214 g/mol.